The highest BCUT2D eigenvalue weighted by Crippen LogP contribution is 2.16. The number of benzene rings is 1. The molecule has 0 aliphatic heterocycles. The van der Waals surface area contributed by atoms with Crippen molar-refractivity contribution >= 4 is 29.3 Å². The molecule has 0 fully saturated rings. The Kier molecular flexibility index (Phi) is 6.89. The SMILES string of the molecule is CCOC(=O)c1csc(CN(C(=O)/C=C/c2ccccc2)C(C)C)n1. The molecule has 0 saturated carbocycles. The lowest BCUT2D eigenvalue weighted by Crippen LogP contribution is -2.35. The molecule has 1 heterocycles. The summed E-state index contributed by atoms with van der Waals surface area (Å²) < 4.78 is 4.94. The molecule has 0 radical (unpaired) electrons. The number of hydrogen-bond donors (Lipinski definition) is 0. The molecule has 2 rings (SSSR count). The Labute approximate surface area is 152 Å². The molecule has 0 unspecified atom stereocenters. The van der Waals surface area contributed by atoms with E-state index >= 15 is 0 Å². The van der Waals surface area contributed by atoms with Gasteiger partial charge in [-0.1, -0.05) is 30.3 Å². The Morgan fingerprint density at radius 3 is 2.64 bits per heavy atom. The second-order valence-corrected chi connectivity index (χ2v) is 6.59. The van der Waals surface area contributed by atoms with Crippen molar-refractivity contribution in [3.8, 4) is 0 Å². The molecule has 1 aromatic carbocycles. The summed E-state index contributed by atoms with van der Waals surface area (Å²) in [5, 5.41) is 2.37. The van der Waals surface area contributed by atoms with Crippen LogP contribution >= 0.6 is 11.3 Å². The van der Waals surface area contributed by atoms with Crippen molar-refractivity contribution in [2.24, 2.45) is 0 Å². The first kappa shape index (κ1) is 18.9. The van der Waals surface area contributed by atoms with Gasteiger partial charge in [-0.3, -0.25) is 4.79 Å². The summed E-state index contributed by atoms with van der Waals surface area (Å²) >= 11 is 1.35. The first-order chi connectivity index (χ1) is 12.0. The minimum Gasteiger partial charge on any atom is -0.461 e. The number of carbonyl (C=O) groups is 2. The summed E-state index contributed by atoms with van der Waals surface area (Å²) in [5.74, 6) is -0.525. The molecule has 25 heavy (non-hydrogen) atoms. The van der Waals surface area contributed by atoms with Crippen LogP contribution < -0.4 is 0 Å². The van der Waals surface area contributed by atoms with Crippen molar-refractivity contribution in [1.82, 2.24) is 9.88 Å². The summed E-state index contributed by atoms with van der Waals surface area (Å²) in [7, 11) is 0. The van der Waals surface area contributed by atoms with Gasteiger partial charge in [0.1, 0.15) is 5.01 Å². The van der Waals surface area contributed by atoms with Crippen molar-refractivity contribution in [3.63, 3.8) is 0 Å². The molecule has 0 saturated heterocycles. The zero-order valence-electron chi connectivity index (χ0n) is 14.6. The van der Waals surface area contributed by atoms with E-state index < -0.39 is 5.97 Å². The van der Waals surface area contributed by atoms with E-state index in [0.717, 1.165) is 5.56 Å². The number of hydrogen-bond acceptors (Lipinski definition) is 5. The Bertz CT molecular complexity index is 738. The van der Waals surface area contributed by atoms with Crippen molar-refractivity contribution in [1.29, 1.82) is 0 Å². The summed E-state index contributed by atoms with van der Waals surface area (Å²) in [6, 6.07) is 9.69. The largest absolute Gasteiger partial charge is 0.461 e. The average molecular weight is 358 g/mol. The molecule has 0 bridgehead atoms. The highest BCUT2D eigenvalue weighted by Gasteiger charge is 2.18. The number of aromatic nitrogens is 1. The van der Waals surface area contributed by atoms with Gasteiger partial charge in [0, 0.05) is 17.5 Å². The molecule has 1 amide bonds. The van der Waals surface area contributed by atoms with Crippen LogP contribution in [0.5, 0.6) is 0 Å². The predicted octanol–water partition coefficient (Wildman–Crippen LogP) is 3.77. The second-order valence-electron chi connectivity index (χ2n) is 5.65. The third-order valence-electron chi connectivity index (χ3n) is 3.47. The van der Waals surface area contributed by atoms with E-state index in [1.807, 2.05) is 44.2 Å². The summed E-state index contributed by atoms with van der Waals surface area (Å²) in [5.41, 5.74) is 1.26. The van der Waals surface area contributed by atoms with E-state index in [2.05, 4.69) is 4.98 Å². The van der Waals surface area contributed by atoms with Crippen molar-refractivity contribution in [3.05, 3.63) is 58.1 Å². The standard InChI is InChI=1S/C19H22N2O3S/c1-4-24-19(23)16-13-25-17(20-16)12-21(14(2)3)18(22)11-10-15-8-6-5-7-9-15/h5-11,13-14H,4,12H2,1-3H3/b11-10+. The van der Waals surface area contributed by atoms with Gasteiger partial charge >= 0.3 is 5.97 Å². The van der Waals surface area contributed by atoms with E-state index in [4.69, 9.17) is 4.74 Å². The number of thiazole rings is 1. The van der Waals surface area contributed by atoms with Crippen LogP contribution in [0.25, 0.3) is 6.08 Å². The molecule has 0 atom stereocenters. The fraction of sp³-hybridized carbons (Fsp3) is 0.316. The zero-order chi connectivity index (χ0) is 18.2. The van der Waals surface area contributed by atoms with Gasteiger partial charge in [0.05, 0.1) is 13.2 Å². The minimum absolute atomic E-state index is 0.0165. The summed E-state index contributed by atoms with van der Waals surface area (Å²) in [4.78, 5) is 30.2. The van der Waals surface area contributed by atoms with Gasteiger partial charge in [-0.15, -0.1) is 11.3 Å². The van der Waals surface area contributed by atoms with E-state index in [0.29, 0.717) is 18.2 Å². The maximum atomic E-state index is 12.5. The molecular weight excluding hydrogens is 336 g/mol. The molecule has 0 aliphatic carbocycles. The number of amides is 1. The number of nitrogens with zero attached hydrogens (tertiary/aromatic N) is 2. The Morgan fingerprint density at radius 2 is 2.00 bits per heavy atom. The molecular formula is C19H22N2O3S. The number of ether oxygens (including phenoxy) is 1. The normalized spacial score (nSPS) is 11.0. The second kappa shape index (κ2) is 9.13. The third kappa shape index (κ3) is 5.53. The Balaban J connectivity index is 2.06. The molecule has 2 aromatic rings. The maximum Gasteiger partial charge on any atom is 0.357 e. The van der Waals surface area contributed by atoms with Crippen molar-refractivity contribution in [2.75, 3.05) is 6.61 Å². The maximum absolute atomic E-state index is 12.5. The minimum atomic E-state index is -0.434. The molecule has 132 valence electrons. The molecule has 0 N–H and O–H groups in total. The molecule has 5 nitrogen and oxygen atoms in total. The van der Waals surface area contributed by atoms with Gasteiger partial charge in [0.2, 0.25) is 5.91 Å². The fourth-order valence-electron chi connectivity index (χ4n) is 2.17. The third-order valence-corrected chi connectivity index (χ3v) is 4.30. The van der Waals surface area contributed by atoms with E-state index in [-0.39, 0.29) is 17.6 Å². The monoisotopic (exact) mass is 358 g/mol. The predicted molar refractivity (Wildman–Crippen MR) is 99.2 cm³/mol. The van der Waals surface area contributed by atoms with Gasteiger partial charge in [-0.05, 0) is 32.4 Å². The lowest BCUT2D eigenvalue weighted by atomic mass is 10.2. The topological polar surface area (TPSA) is 59.5 Å². The molecule has 0 spiro atoms. The Morgan fingerprint density at radius 1 is 1.28 bits per heavy atom. The van der Waals surface area contributed by atoms with Gasteiger partial charge in [0.15, 0.2) is 5.69 Å². The van der Waals surface area contributed by atoms with Crippen LogP contribution in [0.2, 0.25) is 0 Å². The van der Waals surface area contributed by atoms with Gasteiger partial charge in [-0.25, -0.2) is 9.78 Å². The smallest absolute Gasteiger partial charge is 0.357 e. The van der Waals surface area contributed by atoms with E-state index in [1.54, 1.807) is 29.4 Å². The van der Waals surface area contributed by atoms with Crippen LogP contribution in [0.4, 0.5) is 0 Å². The fourth-order valence-corrected chi connectivity index (χ4v) is 2.93. The molecule has 0 aliphatic rings. The van der Waals surface area contributed by atoms with Crippen LogP contribution in [0, 0.1) is 0 Å². The van der Waals surface area contributed by atoms with Crippen molar-refractivity contribution in [2.45, 2.75) is 33.4 Å². The van der Waals surface area contributed by atoms with Gasteiger partial charge in [-0.2, -0.15) is 0 Å². The quantitative estimate of drug-likeness (QED) is 0.558. The number of esters is 1. The highest BCUT2D eigenvalue weighted by atomic mass is 32.1. The highest BCUT2D eigenvalue weighted by molar-refractivity contribution is 7.09. The lowest BCUT2D eigenvalue weighted by Gasteiger charge is -2.24. The first-order valence-electron chi connectivity index (χ1n) is 8.16. The van der Waals surface area contributed by atoms with Crippen LogP contribution in [-0.4, -0.2) is 34.4 Å². The Hall–Kier alpha value is -2.47. The first-order valence-corrected chi connectivity index (χ1v) is 9.04. The van der Waals surface area contributed by atoms with Gasteiger partial charge < -0.3 is 9.64 Å². The lowest BCUT2D eigenvalue weighted by molar-refractivity contribution is -0.128. The van der Waals surface area contributed by atoms with Crippen molar-refractivity contribution < 1.29 is 14.3 Å². The number of rotatable bonds is 7. The van der Waals surface area contributed by atoms with E-state index in [9.17, 15) is 9.59 Å². The van der Waals surface area contributed by atoms with E-state index in [1.165, 1.54) is 11.3 Å². The van der Waals surface area contributed by atoms with Gasteiger partial charge in [0.25, 0.3) is 0 Å². The van der Waals surface area contributed by atoms with Crippen LogP contribution in [0.3, 0.4) is 0 Å². The van der Waals surface area contributed by atoms with Crippen LogP contribution in [-0.2, 0) is 16.1 Å². The molecule has 1 aromatic heterocycles. The zero-order valence-corrected chi connectivity index (χ0v) is 15.5. The average Bonchev–Trinajstić information content (AvgIpc) is 3.07. The molecule has 6 heteroatoms. The summed E-state index contributed by atoms with van der Waals surface area (Å²) in [6.45, 7) is 6.33. The summed E-state index contributed by atoms with van der Waals surface area (Å²) in [6.07, 6.45) is 3.36. The van der Waals surface area contributed by atoms with Crippen LogP contribution in [0.1, 0.15) is 41.8 Å². The van der Waals surface area contributed by atoms with Crippen LogP contribution in [0.15, 0.2) is 41.8 Å². The number of carbonyl (C=O) groups excluding carboxylic acids is 2.